The van der Waals surface area contributed by atoms with Crippen LogP contribution in [-0.4, -0.2) is 31.9 Å². The fourth-order valence-corrected chi connectivity index (χ4v) is 5.87. The second-order valence-electron chi connectivity index (χ2n) is 10.7. The predicted molar refractivity (Wildman–Crippen MR) is 186 cm³/mol. The van der Waals surface area contributed by atoms with Crippen molar-refractivity contribution in [2.45, 2.75) is 10.1 Å². The van der Waals surface area contributed by atoms with Gasteiger partial charge < -0.3 is 25.4 Å². The van der Waals surface area contributed by atoms with Crippen LogP contribution in [0.15, 0.2) is 120 Å². The van der Waals surface area contributed by atoms with Gasteiger partial charge in [-0.25, -0.2) is 17.6 Å². The van der Waals surface area contributed by atoms with Crippen LogP contribution >= 0.6 is 11.8 Å². The van der Waals surface area contributed by atoms with Crippen molar-refractivity contribution in [2.24, 2.45) is 0 Å². The van der Waals surface area contributed by atoms with Crippen LogP contribution in [0.2, 0.25) is 0 Å². The van der Waals surface area contributed by atoms with Crippen LogP contribution in [0.5, 0.6) is 11.5 Å². The highest BCUT2D eigenvalue weighted by atomic mass is 32.2. The summed E-state index contributed by atoms with van der Waals surface area (Å²) in [4.78, 5) is 40.5. The van der Waals surface area contributed by atoms with E-state index in [4.69, 9.17) is 9.47 Å². The first-order valence-electron chi connectivity index (χ1n) is 15.2. The first-order valence-corrected chi connectivity index (χ1v) is 16.0. The lowest BCUT2D eigenvalue weighted by Crippen LogP contribution is -2.30. The molecule has 0 fully saturated rings. The van der Waals surface area contributed by atoms with Crippen molar-refractivity contribution in [1.29, 1.82) is 0 Å². The number of para-hydroxylation sites is 1. The second kappa shape index (κ2) is 16.5. The number of carbonyl (C=O) groups excluding carboxylic acids is 3. The summed E-state index contributed by atoms with van der Waals surface area (Å²) in [6.45, 7) is 0. The summed E-state index contributed by atoms with van der Waals surface area (Å²) in [5.41, 5.74) is 0.178. The summed E-state index contributed by atoms with van der Waals surface area (Å²) in [7, 11) is 2.92. The van der Waals surface area contributed by atoms with Crippen LogP contribution in [0.3, 0.4) is 0 Å². The molecule has 0 aromatic heterocycles. The van der Waals surface area contributed by atoms with E-state index in [0.717, 1.165) is 11.8 Å². The van der Waals surface area contributed by atoms with Gasteiger partial charge in [-0.2, -0.15) is 0 Å². The minimum absolute atomic E-state index is 0.0513. The molecule has 8 nitrogen and oxygen atoms in total. The number of hydrogen-bond donors (Lipinski definition) is 3. The van der Waals surface area contributed by atoms with Gasteiger partial charge in [0.2, 0.25) is 5.91 Å². The molecule has 0 radical (unpaired) electrons. The number of nitrogens with one attached hydrogen (secondary N) is 3. The predicted octanol–water partition coefficient (Wildman–Crippen LogP) is 8.14. The molecule has 0 aliphatic heterocycles. The number of amides is 3. The lowest BCUT2D eigenvalue weighted by molar-refractivity contribution is -0.116. The van der Waals surface area contributed by atoms with Gasteiger partial charge in [-0.1, -0.05) is 60.7 Å². The van der Waals surface area contributed by atoms with E-state index in [-0.39, 0.29) is 11.8 Å². The van der Waals surface area contributed by atoms with Crippen molar-refractivity contribution < 1.29 is 41.4 Å². The lowest BCUT2D eigenvalue weighted by Gasteiger charge is -2.18. The van der Waals surface area contributed by atoms with Crippen LogP contribution in [-0.2, 0) is 9.59 Å². The lowest BCUT2D eigenvalue weighted by atomic mass is 10.1. The summed E-state index contributed by atoms with van der Waals surface area (Å²) in [5.74, 6) is -8.19. The zero-order valence-corrected chi connectivity index (χ0v) is 27.8. The molecule has 0 saturated heterocycles. The number of carbonyl (C=O) groups is 3. The van der Waals surface area contributed by atoms with Crippen molar-refractivity contribution in [2.75, 3.05) is 24.9 Å². The molecule has 3 N–H and O–H groups in total. The van der Waals surface area contributed by atoms with Crippen LogP contribution in [0.25, 0.3) is 6.08 Å². The molecule has 5 aromatic rings. The van der Waals surface area contributed by atoms with Gasteiger partial charge in [-0.3, -0.25) is 14.4 Å². The molecule has 5 aromatic carbocycles. The molecule has 5 rings (SSSR count). The minimum atomic E-state index is -1.74. The first-order chi connectivity index (χ1) is 24.6. The minimum Gasteiger partial charge on any atom is -0.493 e. The molecule has 260 valence electrons. The molecule has 0 aliphatic carbocycles. The Morgan fingerprint density at radius 2 is 1.35 bits per heavy atom. The average Bonchev–Trinajstić information content (AvgIpc) is 3.15. The van der Waals surface area contributed by atoms with Crippen LogP contribution in [0, 0.1) is 23.3 Å². The zero-order chi connectivity index (χ0) is 36.5. The molecular formula is C38H29F4N3O5S. The highest BCUT2D eigenvalue weighted by molar-refractivity contribution is 8.00. The summed E-state index contributed by atoms with van der Waals surface area (Å²) < 4.78 is 67.3. The quantitative estimate of drug-likeness (QED) is 0.0522. The van der Waals surface area contributed by atoms with Gasteiger partial charge in [0.1, 0.15) is 16.6 Å². The van der Waals surface area contributed by atoms with E-state index >= 15 is 0 Å². The van der Waals surface area contributed by atoms with Crippen molar-refractivity contribution in [1.82, 2.24) is 5.32 Å². The maximum atomic E-state index is 14.4. The molecule has 51 heavy (non-hydrogen) atoms. The molecule has 0 aliphatic rings. The van der Waals surface area contributed by atoms with Gasteiger partial charge >= 0.3 is 0 Å². The molecule has 3 amide bonds. The second-order valence-corrected chi connectivity index (χ2v) is 11.9. The normalized spacial score (nSPS) is 11.7. The average molecular weight is 716 g/mol. The topological polar surface area (TPSA) is 106 Å². The van der Waals surface area contributed by atoms with E-state index in [1.165, 1.54) is 20.3 Å². The monoisotopic (exact) mass is 715 g/mol. The third-order valence-corrected chi connectivity index (χ3v) is 8.59. The Morgan fingerprint density at radius 3 is 1.96 bits per heavy atom. The maximum Gasteiger partial charge on any atom is 0.272 e. The highest BCUT2D eigenvalue weighted by Gasteiger charge is 2.27. The molecule has 0 spiro atoms. The SMILES string of the molecule is COc1cccc(/C=C(\NC(=O)c2ccccc2)C(=O)Nc2ccc(SC(C(=O)Nc3c(F)c(F)cc(F)c3F)c3ccccc3)cc2)c1OC. The molecule has 0 bridgehead atoms. The van der Waals surface area contributed by atoms with Crippen molar-refractivity contribution in [3.63, 3.8) is 0 Å². The molecule has 1 atom stereocenters. The van der Waals surface area contributed by atoms with Gasteiger partial charge in [0.25, 0.3) is 11.8 Å². The zero-order valence-electron chi connectivity index (χ0n) is 27.0. The Kier molecular flexibility index (Phi) is 11.7. The van der Waals surface area contributed by atoms with Gasteiger partial charge in [0, 0.05) is 27.8 Å². The summed E-state index contributed by atoms with van der Waals surface area (Å²) in [5, 5.41) is 6.27. The van der Waals surface area contributed by atoms with Crippen LogP contribution in [0.4, 0.5) is 28.9 Å². The number of thioether (sulfide) groups is 1. The largest absolute Gasteiger partial charge is 0.493 e. The summed E-state index contributed by atoms with van der Waals surface area (Å²) in [6.07, 6.45) is 1.45. The van der Waals surface area contributed by atoms with Crippen LogP contribution < -0.4 is 25.4 Å². The van der Waals surface area contributed by atoms with E-state index in [2.05, 4.69) is 10.6 Å². The van der Waals surface area contributed by atoms with E-state index in [9.17, 15) is 31.9 Å². The Hall–Kier alpha value is -6.08. The smallest absolute Gasteiger partial charge is 0.272 e. The number of anilines is 2. The Balaban J connectivity index is 1.39. The molecule has 13 heteroatoms. The van der Waals surface area contributed by atoms with Gasteiger partial charge in [0.15, 0.2) is 34.8 Å². The third kappa shape index (κ3) is 8.75. The number of ether oxygens (including phenoxy) is 2. The van der Waals surface area contributed by atoms with Crippen molar-refractivity contribution in [3.05, 3.63) is 155 Å². The van der Waals surface area contributed by atoms with Gasteiger partial charge in [0.05, 0.1) is 14.2 Å². The third-order valence-electron chi connectivity index (χ3n) is 7.33. The molecule has 1 unspecified atom stereocenters. The number of methoxy groups -OCH3 is 2. The standard InChI is InChI=1S/C38H29F4N3O5S/c1-49-30-15-9-14-24(34(30)50-2)20-29(44-36(46)23-12-7-4-8-13-23)37(47)43-25-16-18-26(19-17-25)51-35(22-10-5-3-6-11-22)38(48)45-33-31(41)27(39)21-28(40)32(33)42/h3-21,35H,1-2H3,(H,43,47)(H,44,46)(H,45,48)/b29-20-. The Labute approximate surface area is 294 Å². The fraction of sp³-hybridized carbons (Fsp3) is 0.0789. The van der Waals surface area contributed by atoms with Crippen LogP contribution in [0.1, 0.15) is 26.7 Å². The van der Waals surface area contributed by atoms with Crippen molar-refractivity contribution >= 4 is 46.9 Å². The van der Waals surface area contributed by atoms with E-state index < -0.39 is 51.9 Å². The van der Waals surface area contributed by atoms with Gasteiger partial charge in [-0.05, 0) is 54.1 Å². The fourth-order valence-electron chi connectivity index (χ4n) is 4.85. The Bertz CT molecular complexity index is 2060. The van der Waals surface area contributed by atoms with E-state index in [1.807, 2.05) is 5.32 Å². The Morgan fingerprint density at radius 1 is 0.725 bits per heavy atom. The number of hydrogen-bond acceptors (Lipinski definition) is 6. The molecule has 0 heterocycles. The number of rotatable bonds is 12. The van der Waals surface area contributed by atoms with E-state index in [1.54, 1.807) is 103 Å². The highest BCUT2D eigenvalue weighted by Crippen LogP contribution is 2.38. The number of halogens is 4. The maximum absolute atomic E-state index is 14.4. The molecule has 0 saturated carbocycles. The number of benzene rings is 5. The van der Waals surface area contributed by atoms with Gasteiger partial charge in [-0.15, -0.1) is 11.8 Å². The summed E-state index contributed by atoms with van der Waals surface area (Å²) >= 11 is 0.987. The van der Waals surface area contributed by atoms with E-state index in [0.29, 0.717) is 38.8 Å². The van der Waals surface area contributed by atoms with Crippen molar-refractivity contribution in [3.8, 4) is 11.5 Å². The molecular weight excluding hydrogens is 686 g/mol. The summed E-state index contributed by atoms with van der Waals surface area (Å²) in [6, 6.07) is 27.9. The first kappa shape index (κ1) is 36.2.